The van der Waals surface area contributed by atoms with E-state index in [0.29, 0.717) is 6.04 Å². The first kappa shape index (κ1) is 14.1. The number of thiophene rings is 1. The second-order valence-corrected chi connectivity index (χ2v) is 7.23. The lowest BCUT2D eigenvalue weighted by Gasteiger charge is -2.27. The quantitative estimate of drug-likeness (QED) is 0.928. The topological polar surface area (TPSA) is 32.3 Å². The molecule has 110 valence electrons. The van der Waals surface area contributed by atoms with Gasteiger partial charge in [0.15, 0.2) is 0 Å². The Balaban J connectivity index is 1.64. The summed E-state index contributed by atoms with van der Waals surface area (Å²) in [6.45, 7) is 2.12. The summed E-state index contributed by atoms with van der Waals surface area (Å²) < 4.78 is 0. The van der Waals surface area contributed by atoms with Gasteiger partial charge in [-0.05, 0) is 43.6 Å². The maximum Gasteiger partial charge on any atom is 0.239 e. The van der Waals surface area contributed by atoms with E-state index in [1.54, 1.807) is 11.3 Å². The van der Waals surface area contributed by atoms with Gasteiger partial charge in [0.1, 0.15) is 0 Å². The third-order valence-electron chi connectivity index (χ3n) is 5.04. The van der Waals surface area contributed by atoms with Crippen LogP contribution in [-0.2, 0) is 4.79 Å². The van der Waals surface area contributed by atoms with Crippen LogP contribution in [0.25, 0.3) is 0 Å². The summed E-state index contributed by atoms with van der Waals surface area (Å²) in [4.78, 5) is 15.9. The molecule has 4 unspecified atom stereocenters. The first-order valence-corrected chi connectivity index (χ1v) is 8.61. The van der Waals surface area contributed by atoms with E-state index < -0.39 is 0 Å². The zero-order chi connectivity index (χ0) is 14.1. The summed E-state index contributed by atoms with van der Waals surface area (Å²) >= 11 is 1.73. The predicted molar refractivity (Wildman–Crippen MR) is 82.8 cm³/mol. The van der Waals surface area contributed by atoms with Crippen LogP contribution < -0.4 is 5.32 Å². The molecule has 1 aliphatic carbocycles. The van der Waals surface area contributed by atoms with Gasteiger partial charge >= 0.3 is 0 Å². The first-order chi connectivity index (χ1) is 9.66. The van der Waals surface area contributed by atoms with Gasteiger partial charge in [0.25, 0.3) is 0 Å². The molecule has 1 aromatic rings. The highest BCUT2D eigenvalue weighted by molar-refractivity contribution is 7.10. The molecule has 2 heterocycles. The van der Waals surface area contributed by atoms with Crippen molar-refractivity contribution in [1.82, 2.24) is 10.2 Å². The van der Waals surface area contributed by atoms with Crippen molar-refractivity contribution in [2.45, 2.75) is 57.2 Å². The number of fused-ring (bicyclic) bond motifs is 1. The van der Waals surface area contributed by atoms with E-state index >= 15 is 0 Å². The maximum absolute atomic E-state index is 12.7. The Kier molecular flexibility index (Phi) is 4.13. The van der Waals surface area contributed by atoms with Crippen LogP contribution in [0.15, 0.2) is 17.5 Å². The van der Waals surface area contributed by atoms with Crippen LogP contribution in [0.5, 0.6) is 0 Å². The highest BCUT2D eigenvalue weighted by Crippen LogP contribution is 2.34. The first-order valence-electron chi connectivity index (χ1n) is 7.73. The average Bonchev–Trinajstić information content (AvgIpc) is 3.13. The number of nitrogens with zero attached hydrogens (tertiary/aromatic N) is 1. The van der Waals surface area contributed by atoms with Crippen LogP contribution in [0.1, 0.15) is 49.9 Å². The molecular formula is C16H24N2OS. The van der Waals surface area contributed by atoms with Crippen LogP contribution in [0, 0.1) is 5.92 Å². The number of likely N-dealkylation sites (N-methyl/N-ethyl adjacent to an activating group) is 1. The predicted octanol–water partition coefficient (Wildman–Crippen LogP) is 3.19. The van der Waals surface area contributed by atoms with E-state index in [0.717, 1.165) is 12.3 Å². The van der Waals surface area contributed by atoms with E-state index in [2.05, 4.69) is 29.8 Å². The highest BCUT2D eigenvalue weighted by Gasteiger charge is 2.39. The molecule has 3 nitrogen and oxygen atoms in total. The number of hydrogen-bond donors (Lipinski definition) is 1. The third-order valence-corrected chi connectivity index (χ3v) is 6.09. The number of carbonyl (C=O) groups is 1. The minimum Gasteiger partial charge on any atom is -0.337 e. The van der Waals surface area contributed by atoms with Crippen LogP contribution in [0.3, 0.4) is 0 Å². The molecule has 4 heteroatoms. The Morgan fingerprint density at radius 1 is 1.45 bits per heavy atom. The largest absolute Gasteiger partial charge is 0.337 e. The van der Waals surface area contributed by atoms with Gasteiger partial charge in [0, 0.05) is 18.0 Å². The molecule has 1 saturated heterocycles. The van der Waals surface area contributed by atoms with Gasteiger partial charge in [-0.2, -0.15) is 0 Å². The average molecular weight is 292 g/mol. The highest BCUT2D eigenvalue weighted by atomic mass is 32.1. The Hall–Kier alpha value is -0.870. The molecule has 3 rings (SSSR count). The molecule has 0 bridgehead atoms. The number of amides is 1. The van der Waals surface area contributed by atoms with Crippen molar-refractivity contribution in [2.75, 3.05) is 7.05 Å². The molecule has 1 saturated carbocycles. The Labute approximate surface area is 125 Å². The zero-order valence-electron chi connectivity index (χ0n) is 12.3. The smallest absolute Gasteiger partial charge is 0.239 e. The zero-order valence-corrected chi connectivity index (χ0v) is 13.2. The normalized spacial score (nSPS) is 30.8. The van der Waals surface area contributed by atoms with E-state index in [9.17, 15) is 4.79 Å². The molecule has 0 radical (unpaired) electrons. The maximum atomic E-state index is 12.7. The van der Waals surface area contributed by atoms with Crippen molar-refractivity contribution in [3.63, 3.8) is 0 Å². The lowest BCUT2D eigenvalue weighted by Crippen LogP contribution is -2.44. The minimum absolute atomic E-state index is 0.0375. The third kappa shape index (κ3) is 2.63. The van der Waals surface area contributed by atoms with Gasteiger partial charge < -0.3 is 10.2 Å². The summed E-state index contributed by atoms with van der Waals surface area (Å²) in [5.41, 5.74) is 0. The Morgan fingerprint density at radius 2 is 2.25 bits per heavy atom. The van der Waals surface area contributed by atoms with Gasteiger partial charge in [0.2, 0.25) is 5.91 Å². The minimum atomic E-state index is 0.0375. The molecule has 2 fully saturated rings. The summed E-state index contributed by atoms with van der Waals surface area (Å²) in [7, 11) is 1.94. The molecule has 2 aliphatic rings. The number of nitrogens with one attached hydrogen (secondary N) is 1. The number of rotatable bonds is 3. The number of carbonyl (C=O) groups excluding carboxylic acids is 1. The molecule has 0 spiro atoms. The van der Waals surface area contributed by atoms with Gasteiger partial charge in [-0.15, -0.1) is 11.3 Å². The van der Waals surface area contributed by atoms with E-state index in [4.69, 9.17) is 0 Å². The summed E-state index contributed by atoms with van der Waals surface area (Å²) in [5.74, 6) is 0.989. The van der Waals surface area contributed by atoms with Gasteiger partial charge in [-0.25, -0.2) is 0 Å². The standard InChI is InChI=1S/C16H24N2OS/c1-11(15-8-5-9-20-15)18(2)16(19)14-10-12-6-3-4-7-13(12)17-14/h5,8-9,11-14,17H,3-4,6-7,10H2,1-2H3. The molecule has 1 amide bonds. The monoisotopic (exact) mass is 292 g/mol. The Bertz CT molecular complexity index is 445. The lowest BCUT2D eigenvalue weighted by molar-refractivity contribution is -0.133. The second kappa shape index (κ2) is 5.86. The molecule has 1 N–H and O–H groups in total. The van der Waals surface area contributed by atoms with E-state index in [-0.39, 0.29) is 18.0 Å². The van der Waals surface area contributed by atoms with Crippen molar-refractivity contribution in [3.05, 3.63) is 22.4 Å². The van der Waals surface area contributed by atoms with Crippen molar-refractivity contribution < 1.29 is 4.79 Å². The molecule has 20 heavy (non-hydrogen) atoms. The van der Waals surface area contributed by atoms with Gasteiger partial charge in [0.05, 0.1) is 12.1 Å². The molecule has 4 atom stereocenters. The molecule has 1 aromatic heterocycles. The van der Waals surface area contributed by atoms with Crippen LogP contribution in [-0.4, -0.2) is 29.9 Å². The molecular weight excluding hydrogens is 268 g/mol. The molecule has 1 aliphatic heterocycles. The Morgan fingerprint density at radius 3 is 2.95 bits per heavy atom. The van der Waals surface area contributed by atoms with Crippen LogP contribution in [0.4, 0.5) is 0 Å². The fourth-order valence-electron chi connectivity index (χ4n) is 3.67. The van der Waals surface area contributed by atoms with Crippen molar-refractivity contribution in [2.24, 2.45) is 5.92 Å². The van der Waals surface area contributed by atoms with Crippen molar-refractivity contribution in [3.8, 4) is 0 Å². The van der Waals surface area contributed by atoms with Crippen molar-refractivity contribution >= 4 is 17.2 Å². The fourth-order valence-corrected chi connectivity index (χ4v) is 4.49. The van der Waals surface area contributed by atoms with E-state index in [1.165, 1.54) is 30.6 Å². The summed E-state index contributed by atoms with van der Waals surface area (Å²) in [6, 6.07) is 4.96. The summed E-state index contributed by atoms with van der Waals surface area (Å²) in [6.07, 6.45) is 6.23. The SMILES string of the molecule is CC(c1cccs1)N(C)C(=O)C1CC2CCCCC2N1. The molecule has 0 aromatic carbocycles. The van der Waals surface area contributed by atoms with Gasteiger partial charge in [-0.3, -0.25) is 4.79 Å². The number of hydrogen-bond acceptors (Lipinski definition) is 3. The van der Waals surface area contributed by atoms with Gasteiger partial charge in [-0.1, -0.05) is 18.9 Å². The lowest BCUT2D eigenvalue weighted by atomic mass is 9.85. The summed E-state index contributed by atoms with van der Waals surface area (Å²) in [5, 5.41) is 5.66. The second-order valence-electron chi connectivity index (χ2n) is 6.25. The fraction of sp³-hybridized carbons (Fsp3) is 0.688. The van der Waals surface area contributed by atoms with Crippen molar-refractivity contribution in [1.29, 1.82) is 0 Å². The van der Waals surface area contributed by atoms with Crippen LogP contribution >= 0.6 is 11.3 Å². The van der Waals surface area contributed by atoms with Crippen LogP contribution in [0.2, 0.25) is 0 Å². The van der Waals surface area contributed by atoms with E-state index in [1.807, 2.05) is 11.9 Å².